The van der Waals surface area contributed by atoms with Crippen molar-refractivity contribution in [3.05, 3.63) is 217 Å². The summed E-state index contributed by atoms with van der Waals surface area (Å²) < 4.78 is 5.01. The number of hydrogen-bond acceptors (Lipinski definition) is 1. The van der Waals surface area contributed by atoms with Gasteiger partial charge >= 0.3 is 0 Å². The molecule has 52 heavy (non-hydrogen) atoms. The number of nitrogens with zero attached hydrogens (tertiary/aromatic N) is 3. The summed E-state index contributed by atoms with van der Waals surface area (Å²) in [5.74, 6) is 0. The van der Waals surface area contributed by atoms with E-state index >= 15 is 0 Å². The molecule has 244 valence electrons. The second-order valence-corrected chi connectivity index (χ2v) is 13.7. The van der Waals surface area contributed by atoms with Crippen LogP contribution in [0.2, 0.25) is 0 Å². The van der Waals surface area contributed by atoms with Crippen LogP contribution in [-0.2, 0) is 5.54 Å². The van der Waals surface area contributed by atoms with Crippen molar-refractivity contribution in [1.29, 1.82) is 0 Å². The van der Waals surface area contributed by atoms with Crippen LogP contribution in [0.5, 0.6) is 0 Å². The molecule has 8 aromatic carbocycles. The van der Waals surface area contributed by atoms with Crippen LogP contribution in [0, 0.1) is 0 Å². The summed E-state index contributed by atoms with van der Waals surface area (Å²) >= 11 is 0. The molecule has 3 heteroatoms. The third-order valence-corrected chi connectivity index (χ3v) is 11.1. The maximum absolute atomic E-state index is 2.61. The molecule has 0 saturated heterocycles. The quantitative estimate of drug-likeness (QED) is 0.183. The average Bonchev–Trinajstić information content (AvgIpc) is 3.73. The molecule has 1 aliphatic heterocycles. The van der Waals surface area contributed by atoms with E-state index in [1.807, 2.05) is 0 Å². The van der Waals surface area contributed by atoms with E-state index in [9.17, 15) is 0 Å². The summed E-state index contributed by atoms with van der Waals surface area (Å²) in [5, 5.41) is 5.00. The molecule has 0 amide bonds. The van der Waals surface area contributed by atoms with Gasteiger partial charge in [-0.15, -0.1) is 0 Å². The van der Waals surface area contributed by atoms with E-state index in [0.29, 0.717) is 0 Å². The Morgan fingerprint density at radius 2 is 0.788 bits per heavy atom. The number of rotatable bonds is 4. The monoisotopic (exact) mass is 663 g/mol. The molecule has 11 rings (SSSR count). The summed E-state index contributed by atoms with van der Waals surface area (Å²) in [6.45, 7) is 0. The van der Waals surface area contributed by atoms with E-state index < -0.39 is 5.54 Å². The Labute approximate surface area is 301 Å². The molecule has 0 spiro atoms. The van der Waals surface area contributed by atoms with Gasteiger partial charge in [0.1, 0.15) is 5.54 Å². The van der Waals surface area contributed by atoms with Crippen molar-refractivity contribution >= 4 is 60.7 Å². The van der Waals surface area contributed by atoms with E-state index in [2.05, 4.69) is 214 Å². The van der Waals surface area contributed by atoms with E-state index in [1.165, 1.54) is 60.3 Å². The fourth-order valence-corrected chi connectivity index (χ4v) is 9.10. The van der Waals surface area contributed by atoms with Crippen molar-refractivity contribution in [2.45, 2.75) is 5.54 Å². The first-order valence-corrected chi connectivity index (χ1v) is 18.0. The molecule has 0 saturated carbocycles. The molecular formula is C49H33N3. The Balaban J connectivity index is 1.26. The smallest absolute Gasteiger partial charge is 0.125 e. The zero-order valence-electron chi connectivity index (χ0n) is 28.4. The van der Waals surface area contributed by atoms with Gasteiger partial charge in [-0.2, -0.15) is 0 Å². The fourth-order valence-electron chi connectivity index (χ4n) is 9.10. The van der Waals surface area contributed by atoms with Crippen molar-refractivity contribution in [2.75, 3.05) is 4.90 Å². The fraction of sp³-hybridized carbons (Fsp3) is 0.0204. The topological polar surface area (TPSA) is 13.1 Å². The molecule has 0 fully saturated rings. The number of hydrogen-bond donors (Lipinski definition) is 0. The van der Waals surface area contributed by atoms with Crippen LogP contribution in [0.3, 0.4) is 0 Å². The number of fused-ring (bicyclic) bond motifs is 8. The van der Waals surface area contributed by atoms with Gasteiger partial charge in [-0.1, -0.05) is 146 Å². The maximum atomic E-state index is 2.61. The van der Waals surface area contributed by atoms with Crippen LogP contribution in [-0.4, -0.2) is 9.13 Å². The van der Waals surface area contributed by atoms with E-state index in [-0.39, 0.29) is 0 Å². The zero-order valence-corrected chi connectivity index (χ0v) is 28.4. The van der Waals surface area contributed by atoms with Crippen molar-refractivity contribution < 1.29 is 0 Å². The van der Waals surface area contributed by atoms with Gasteiger partial charge in [-0.05, 0) is 60.2 Å². The highest BCUT2D eigenvalue weighted by Gasteiger charge is 2.47. The summed E-state index contributed by atoms with van der Waals surface area (Å²) in [4.78, 5) is 2.48. The first-order chi connectivity index (χ1) is 25.8. The average molecular weight is 664 g/mol. The molecule has 0 unspecified atom stereocenters. The van der Waals surface area contributed by atoms with E-state index in [1.54, 1.807) is 0 Å². The van der Waals surface area contributed by atoms with Crippen LogP contribution in [0.4, 0.5) is 17.1 Å². The van der Waals surface area contributed by atoms with Crippen molar-refractivity contribution in [2.24, 2.45) is 0 Å². The first-order valence-electron chi connectivity index (χ1n) is 18.0. The lowest BCUT2D eigenvalue weighted by molar-refractivity contribution is 0.544. The van der Waals surface area contributed by atoms with E-state index in [4.69, 9.17) is 0 Å². The van der Waals surface area contributed by atoms with Gasteiger partial charge in [0.25, 0.3) is 0 Å². The van der Waals surface area contributed by atoms with Crippen LogP contribution in [0.15, 0.2) is 200 Å². The summed E-state index contributed by atoms with van der Waals surface area (Å²) in [6.07, 6.45) is 0. The molecular weight excluding hydrogens is 631 g/mol. The minimum absolute atomic E-state index is 0.670. The third kappa shape index (κ3) is 3.85. The summed E-state index contributed by atoms with van der Waals surface area (Å²) in [6, 6.07) is 73.3. The van der Waals surface area contributed by atoms with Crippen LogP contribution >= 0.6 is 0 Å². The van der Waals surface area contributed by atoms with Crippen LogP contribution < -0.4 is 4.90 Å². The number of aromatic nitrogens is 2. The van der Waals surface area contributed by atoms with Crippen LogP contribution in [0.1, 0.15) is 16.7 Å². The van der Waals surface area contributed by atoms with Crippen molar-refractivity contribution in [1.82, 2.24) is 9.13 Å². The highest BCUT2D eigenvalue weighted by Crippen LogP contribution is 2.57. The summed E-state index contributed by atoms with van der Waals surface area (Å²) in [7, 11) is 0. The lowest BCUT2D eigenvalue weighted by Crippen LogP contribution is -2.42. The van der Waals surface area contributed by atoms with Crippen molar-refractivity contribution in [3.63, 3.8) is 0 Å². The minimum Gasteiger partial charge on any atom is -0.322 e. The lowest BCUT2D eigenvalue weighted by Gasteiger charge is -2.47. The molecule has 3 heterocycles. The van der Waals surface area contributed by atoms with Gasteiger partial charge in [-0.3, -0.25) is 0 Å². The van der Waals surface area contributed by atoms with Gasteiger partial charge in [-0.25, -0.2) is 0 Å². The Kier molecular flexibility index (Phi) is 6.17. The van der Waals surface area contributed by atoms with Gasteiger partial charge in [0, 0.05) is 44.0 Å². The molecule has 0 bridgehead atoms. The molecule has 0 atom stereocenters. The van der Waals surface area contributed by atoms with Gasteiger partial charge in [0.05, 0.1) is 33.4 Å². The SMILES string of the molecule is c1ccc(-n2c3ccccc3c3ccc(N4c5ccccc5C(c5ccccc5)(n5c6ccccc6c6ccccc65)c5ccccc54)cc32)cc1. The molecule has 3 nitrogen and oxygen atoms in total. The Morgan fingerprint density at radius 1 is 0.327 bits per heavy atom. The molecule has 0 N–H and O–H groups in total. The predicted octanol–water partition coefficient (Wildman–Crippen LogP) is 12.5. The molecule has 0 radical (unpaired) electrons. The Bertz CT molecular complexity index is 2870. The molecule has 2 aromatic heterocycles. The highest BCUT2D eigenvalue weighted by atomic mass is 15.2. The maximum Gasteiger partial charge on any atom is 0.125 e. The standard InChI is InChI=1S/C49H33N3/c1-3-17-34(18-4-1)49(52-44-27-13-8-22-38(44)39-23-9-14-28-45(39)52)41-24-10-15-29-46(41)51(47-30-16-11-25-42(47)49)36-31-32-40-37-21-7-12-26-43(37)50(48(40)33-36)35-19-5-2-6-20-35/h1-33H. The Hall–Kier alpha value is -6.84. The van der Waals surface area contributed by atoms with Gasteiger partial charge in [0.2, 0.25) is 0 Å². The molecule has 0 aliphatic carbocycles. The lowest BCUT2D eigenvalue weighted by atomic mass is 9.72. The minimum atomic E-state index is -0.670. The Morgan fingerprint density at radius 3 is 1.40 bits per heavy atom. The third-order valence-electron chi connectivity index (χ3n) is 11.1. The number of anilines is 3. The van der Waals surface area contributed by atoms with Crippen LogP contribution in [0.25, 0.3) is 49.3 Å². The van der Waals surface area contributed by atoms with Gasteiger partial charge in [0.15, 0.2) is 0 Å². The number of benzene rings is 8. The first kappa shape index (κ1) is 28.9. The number of para-hydroxylation sites is 6. The normalized spacial score (nSPS) is 13.5. The largest absolute Gasteiger partial charge is 0.322 e. The summed E-state index contributed by atoms with van der Waals surface area (Å²) in [5.41, 5.74) is 12.4. The second kappa shape index (κ2) is 11.1. The predicted molar refractivity (Wildman–Crippen MR) is 217 cm³/mol. The van der Waals surface area contributed by atoms with E-state index in [0.717, 1.165) is 22.7 Å². The van der Waals surface area contributed by atoms with Gasteiger partial charge < -0.3 is 14.0 Å². The highest BCUT2D eigenvalue weighted by molar-refractivity contribution is 6.11. The molecule has 1 aliphatic rings. The molecule has 10 aromatic rings. The van der Waals surface area contributed by atoms with Crippen molar-refractivity contribution in [3.8, 4) is 5.69 Å². The zero-order chi connectivity index (χ0) is 34.2. The second-order valence-electron chi connectivity index (χ2n) is 13.7.